The second-order valence-electron chi connectivity index (χ2n) is 5.97. The standard InChI is InChI=1S/C16H25NO/c1-16(2,12-18-3)15-6-4-5-14(11-15)13-7-9-17-10-8-13/h4-6,11,13,17H,7-10,12H2,1-3H3. The third-order valence-electron chi connectivity index (χ3n) is 3.98. The summed E-state index contributed by atoms with van der Waals surface area (Å²) < 4.78 is 5.34. The molecule has 1 aromatic rings. The van der Waals surface area contributed by atoms with Crippen LogP contribution in [-0.2, 0) is 10.2 Å². The maximum absolute atomic E-state index is 5.34. The van der Waals surface area contributed by atoms with Crippen molar-refractivity contribution in [3.8, 4) is 0 Å². The van der Waals surface area contributed by atoms with Gasteiger partial charge in [-0.15, -0.1) is 0 Å². The van der Waals surface area contributed by atoms with Gasteiger partial charge in [0.2, 0.25) is 0 Å². The quantitative estimate of drug-likeness (QED) is 0.883. The minimum Gasteiger partial charge on any atom is -0.384 e. The smallest absolute Gasteiger partial charge is 0.0553 e. The van der Waals surface area contributed by atoms with Gasteiger partial charge in [0, 0.05) is 12.5 Å². The zero-order valence-corrected chi connectivity index (χ0v) is 11.8. The number of hydrogen-bond acceptors (Lipinski definition) is 2. The molecule has 1 saturated heterocycles. The molecular weight excluding hydrogens is 222 g/mol. The predicted octanol–water partition coefficient (Wildman–Crippen LogP) is 3.08. The van der Waals surface area contributed by atoms with Gasteiger partial charge in [-0.3, -0.25) is 0 Å². The highest BCUT2D eigenvalue weighted by Crippen LogP contribution is 2.30. The number of ether oxygens (including phenoxy) is 1. The lowest BCUT2D eigenvalue weighted by molar-refractivity contribution is 0.146. The van der Waals surface area contributed by atoms with E-state index in [-0.39, 0.29) is 5.41 Å². The van der Waals surface area contributed by atoms with E-state index in [1.807, 2.05) is 0 Å². The Morgan fingerprint density at radius 1 is 1.28 bits per heavy atom. The summed E-state index contributed by atoms with van der Waals surface area (Å²) in [6, 6.07) is 9.09. The summed E-state index contributed by atoms with van der Waals surface area (Å²) in [6.45, 7) is 7.56. The van der Waals surface area contributed by atoms with Crippen LogP contribution in [0.4, 0.5) is 0 Å². The third-order valence-corrected chi connectivity index (χ3v) is 3.98. The summed E-state index contributed by atoms with van der Waals surface area (Å²) in [7, 11) is 1.78. The molecule has 0 saturated carbocycles. The van der Waals surface area contributed by atoms with E-state index in [0.29, 0.717) is 0 Å². The average Bonchev–Trinajstić information content (AvgIpc) is 2.40. The van der Waals surface area contributed by atoms with Gasteiger partial charge in [-0.1, -0.05) is 38.1 Å². The zero-order valence-electron chi connectivity index (χ0n) is 11.8. The summed E-state index contributed by atoms with van der Waals surface area (Å²) in [5, 5.41) is 3.43. The molecule has 0 atom stereocenters. The van der Waals surface area contributed by atoms with E-state index in [9.17, 15) is 0 Å². The van der Waals surface area contributed by atoms with Crippen molar-refractivity contribution in [3.05, 3.63) is 35.4 Å². The van der Waals surface area contributed by atoms with Gasteiger partial charge in [0.25, 0.3) is 0 Å². The number of methoxy groups -OCH3 is 1. The van der Waals surface area contributed by atoms with Crippen molar-refractivity contribution >= 4 is 0 Å². The summed E-state index contributed by atoms with van der Waals surface area (Å²) in [4.78, 5) is 0. The molecule has 2 nitrogen and oxygen atoms in total. The number of hydrogen-bond donors (Lipinski definition) is 1. The largest absolute Gasteiger partial charge is 0.384 e. The highest BCUT2D eigenvalue weighted by Gasteiger charge is 2.22. The Morgan fingerprint density at radius 3 is 2.67 bits per heavy atom. The fraction of sp³-hybridized carbons (Fsp3) is 0.625. The molecule has 2 rings (SSSR count). The average molecular weight is 247 g/mol. The zero-order chi connectivity index (χ0) is 13.0. The molecule has 1 fully saturated rings. The molecule has 2 heteroatoms. The van der Waals surface area contributed by atoms with Crippen LogP contribution < -0.4 is 5.32 Å². The molecule has 18 heavy (non-hydrogen) atoms. The first-order chi connectivity index (χ1) is 8.63. The van der Waals surface area contributed by atoms with E-state index >= 15 is 0 Å². The summed E-state index contributed by atoms with van der Waals surface area (Å²) >= 11 is 0. The predicted molar refractivity (Wildman–Crippen MR) is 76.2 cm³/mol. The van der Waals surface area contributed by atoms with E-state index < -0.39 is 0 Å². The van der Waals surface area contributed by atoms with Crippen molar-refractivity contribution in [2.24, 2.45) is 0 Å². The van der Waals surface area contributed by atoms with Gasteiger partial charge in [-0.2, -0.15) is 0 Å². The van der Waals surface area contributed by atoms with Gasteiger partial charge in [-0.05, 0) is 43.0 Å². The molecule has 0 radical (unpaired) electrons. The van der Waals surface area contributed by atoms with Crippen LogP contribution >= 0.6 is 0 Å². The maximum Gasteiger partial charge on any atom is 0.0553 e. The Bertz CT molecular complexity index is 380. The summed E-state index contributed by atoms with van der Waals surface area (Å²) in [6.07, 6.45) is 2.52. The first kappa shape index (κ1) is 13.6. The van der Waals surface area contributed by atoms with E-state index in [2.05, 4.69) is 43.4 Å². The van der Waals surface area contributed by atoms with Gasteiger partial charge >= 0.3 is 0 Å². The van der Waals surface area contributed by atoms with E-state index in [4.69, 9.17) is 4.74 Å². The maximum atomic E-state index is 5.34. The first-order valence-corrected chi connectivity index (χ1v) is 6.93. The molecule has 1 aromatic carbocycles. The summed E-state index contributed by atoms with van der Waals surface area (Å²) in [5.41, 5.74) is 2.98. The molecular formula is C16H25NO. The van der Waals surface area contributed by atoms with Crippen molar-refractivity contribution in [2.45, 2.75) is 38.0 Å². The topological polar surface area (TPSA) is 21.3 Å². The SMILES string of the molecule is COCC(C)(C)c1cccc(C2CCNCC2)c1. The van der Waals surface area contributed by atoms with E-state index in [1.165, 1.54) is 24.0 Å². The number of rotatable bonds is 4. The fourth-order valence-corrected chi connectivity index (χ4v) is 2.81. The highest BCUT2D eigenvalue weighted by atomic mass is 16.5. The molecule has 0 unspecified atom stereocenters. The van der Waals surface area contributed by atoms with Crippen LogP contribution in [0.5, 0.6) is 0 Å². The van der Waals surface area contributed by atoms with E-state index in [1.54, 1.807) is 7.11 Å². The lowest BCUT2D eigenvalue weighted by Crippen LogP contribution is -2.27. The van der Waals surface area contributed by atoms with Gasteiger partial charge in [-0.25, -0.2) is 0 Å². The molecule has 0 aromatic heterocycles. The van der Waals surface area contributed by atoms with Crippen LogP contribution in [-0.4, -0.2) is 26.8 Å². The molecule has 1 aliphatic heterocycles. The van der Waals surface area contributed by atoms with Crippen LogP contribution in [0.1, 0.15) is 43.7 Å². The molecule has 100 valence electrons. The fourth-order valence-electron chi connectivity index (χ4n) is 2.81. The van der Waals surface area contributed by atoms with Crippen molar-refractivity contribution < 1.29 is 4.74 Å². The molecule has 0 aliphatic carbocycles. The Morgan fingerprint density at radius 2 is 2.00 bits per heavy atom. The van der Waals surface area contributed by atoms with Crippen LogP contribution in [0, 0.1) is 0 Å². The van der Waals surface area contributed by atoms with Gasteiger partial charge in [0.05, 0.1) is 6.61 Å². The molecule has 0 bridgehead atoms. The lowest BCUT2D eigenvalue weighted by Gasteiger charge is -2.27. The van der Waals surface area contributed by atoms with Gasteiger partial charge in [0.1, 0.15) is 0 Å². The number of nitrogens with one attached hydrogen (secondary N) is 1. The molecule has 0 spiro atoms. The second kappa shape index (κ2) is 5.85. The van der Waals surface area contributed by atoms with Crippen LogP contribution in [0.3, 0.4) is 0 Å². The second-order valence-corrected chi connectivity index (χ2v) is 5.97. The minimum absolute atomic E-state index is 0.0949. The molecule has 0 amide bonds. The lowest BCUT2D eigenvalue weighted by atomic mass is 9.82. The van der Waals surface area contributed by atoms with Crippen molar-refractivity contribution in [1.29, 1.82) is 0 Å². The van der Waals surface area contributed by atoms with E-state index in [0.717, 1.165) is 25.6 Å². The Hall–Kier alpha value is -0.860. The van der Waals surface area contributed by atoms with Gasteiger partial charge < -0.3 is 10.1 Å². The van der Waals surface area contributed by atoms with Gasteiger partial charge in [0.15, 0.2) is 0 Å². The Kier molecular flexibility index (Phi) is 4.41. The molecule has 1 N–H and O–H groups in total. The normalized spacial score (nSPS) is 17.9. The minimum atomic E-state index is 0.0949. The van der Waals surface area contributed by atoms with Crippen molar-refractivity contribution in [2.75, 3.05) is 26.8 Å². The first-order valence-electron chi connectivity index (χ1n) is 6.93. The Labute approximate surface area is 111 Å². The monoisotopic (exact) mass is 247 g/mol. The van der Waals surface area contributed by atoms with Crippen LogP contribution in [0.15, 0.2) is 24.3 Å². The third kappa shape index (κ3) is 3.12. The number of piperidine rings is 1. The van der Waals surface area contributed by atoms with Crippen LogP contribution in [0.2, 0.25) is 0 Å². The highest BCUT2D eigenvalue weighted by molar-refractivity contribution is 5.31. The number of benzene rings is 1. The molecule has 1 heterocycles. The van der Waals surface area contributed by atoms with Crippen molar-refractivity contribution in [3.63, 3.8) is 0 Å². The Balaban J connectivity index is 2.18. The summed E-state index contributed by atoms with van der Waals surface area (Å²) in [5.74, 6) is 0.726. The molecule has 1 aliphatic rings. The van der Waals surface area contributed by atoms with Crippen molar-refractivity contribution in [1.82, 2.24) is 5.32 Å². The van der Waals surface area contributed by atoms with Crippen LogP contribution in [0.25, 0.3) is 0 Å².